The van der Waals surface area contributed by atoms with Crippen molar-refractivity contribution in [1.29, 1.82) is 0 Å². The zero-order valence-corrected chi connectivity index (χ0v) is 17.3. The fourth-order valence-corrected chi connectivity index (χ4v) is 4.15. The third-order valence-electron chi connectivity index (χ3n) is 5.90. The molecule has 0 unspecified atom stereocenters. The molecule has 2 heteroatoms. The molecule has 0 N–H and O–H groups in total. The van der Waals surface area contributed by atoms with Crippen molar-refractivity contribution < 1.29 is 9.53 Å². The van der Waals surface area contributed by atoms with Crippen molar-refractivity contribution in [2.75, 3.05) is 0 Å². The summed E-state index contributed by atoms with van der Waals surface area (Å²) in [5.74, 6) is 0.738. The minimum Gasteiger partial charge on any atom is -0.426 e. The summed E-state index contributed by atoms with van der Waals surface area (Å²) in [5.41, 5.74) is 0. The summed E-state index contributed by atoms with van der Waals surface area (Å²) in [6, 6.07) is 9.55. The van der Waals surface area contributed by atoms with E-state index in [1.54, 1.807) is 0 Å². The van der Waals surface area contributed by atoms with Gasteiger partial charge in [-0.25, -0.2) is 0 Å². The van der Waals surface area contributed by atoms with Gasteiger partial charge in [0.15, 0.2) is 0 Å². The number of para-hydroxylation sites is 1. The lowest BCUT2D eigenvalue weighted by Crippen LogP contribution is -2.20. The van der Waals surface area contributed by atoms with Gasteiger partial charge in [0.1, 0.15) is 5.75 Å². The van der Waals surface area contributed by atoms with Crippen LogP contribution in [0.1, 0.15) is 109 Å². The molecular formula is C25H40O2. The van der Waals surface area contributed by atoms with Gasteiger partial charge in [-0.2, -0.15) is 0 Å². The molecule has 0 bridgehead atoms. The Morgan fingerprint density at radius 2 is 0.963 bits per heavy atom. The van der Waals surface area contributed by atoms with Crippen LogP contribution in [-0.2, 0) is 4.79 Å². The van der Waals surface area contributed by atoms with Crippen LogP contribution < -0.4 is 4.74 Å². The fourth-order valence-electron chi connectivity index (χ4n) is 4.15. The quantitative estimate of drug-likeness (QED) is 0.390. The van der Waals surface area contributed by atoms with Crippen LogP contribution in [0.25, 0.3) is 0 Å². The summed E-state index contributed by atoms with van der Waals surface area (Å²) in [5, 5.41) is 0. The van der Waals surface area contributed by atoms with E-state index in [4.69, 9.17) is 4.74 Å². The van der Waals surface area contributed by atoms with Crippen LogP contribution in [-0.4, -0.2) is 5.97 Å². The molecule has 2 rings (SSSR count). The van der Waals surface area contributed by atoms with E-state index in [0.717, 1.165) is 25.7 Å². The molecule has 2 nitrogen and oxygen atoms in total. The Morgan fingerprint density at radius 3 is 1.37 bits per heavy atom. The molecule has 1 aromatic carbocycles. The molecule has 0 spiro atoms. The van der Waals surface area contributed by atoms with Gasteiger partial charge < -0.3 is 4.74 Å². The molecule has 0 heterocycles. The average molecular weight is 373 g/mol. The first-order valence-corrected chi connectivity index (χ1v) is 11.6. The number of hydrogen-bond acceptors (Lipinski definition) is 2. The van der Waals surface area contributed by atoms with E-state index in [9.17, 15) is 4.79 Å². The normalized spacial score (nSPS) is 20.3. The number of benzene rings is 1. The molecule has 0 saturated heterocycles. The van der Waals surface area contributed by atoms with Crippen LogP contribution in [0.4, 0.5) is 0 Å². The van der Waals surface area contributed by atoms with Gasteiger partial charge in [-0.1, -0.05) is 115 Å². The summed E-state index contributed by atoms with van der Waals surface area (Å²) in [4.78, 5) is 12.7. The van der Waals surface area contributed by atoms with Crippen LogP contribution in [0.15, 0.2) is 30.3 Å². The molecule has 1 saturated carbocycles. The maximum absolute atomic E-state index is 12.7. The molecule has 0 amide bonds. The lowest BCUT2D eigenvalue weighted by molar-refractivity contribution is -0.139. The second-order valence-electron chi connectivity index (χ2n) is 8.31. The minimum atomic E-state index is -0.0180. The third kappa shape index (κ3) is 10.6. The minimum absolute atomic E-state index is 0.0180. The second kappa shape index (κ2) is 14.7. The number of ether oxygens (including phenoxy) is 1. The van der Waals surface area contributed by atoms with Crippen LogP contribution in [0.2, 0.25) is 0 Å². The number of esters is 1. The Bertz CT molecular complexity index is 464. The number of carbonyl (C=O) groups excluding carboxylic acids is 1. The van der Waals surface area contributed by atoms with Gasteiger partial charge in [0.25, 0.3) is 0 Å². The van der Waals surface area contributed by atoms with E-state index in [1.807, 2.05) is 30.3 Å². The van der Waals surface area contributed by atoms with E-state index < -0.39 is 0 Å². The first kappa shape index (κ1) is 22.0. The Labute approximate surface area is 167 Å². The second-order valence-corrected chi connectivity index (χ2v) is 8.31. The summed E-state index contributed by atoms with van der Waals surface area (Å²) in [7, 11) is 0. The van der Waals surface area contributed by atoms with Crippen LogP contribution in [0, 0.1) is 5.92 Å². The lowest BCUT2D eigenvalue weighted by Gasteiger charge is -2.16. The highest BCUT2D eigenvalue weighted by Gasteiger charge is 2.20. The van der Waals surface area contributed by atoms with Crippen molar-refractivity contribution in [3.05, 3.63) is 30.3 Å². The standard InChI is InChI=1S/C25H40O2/c26-25(27-24-21-17-14-18-22-24)23-19-15-12-10-8-6-4-2-1-3-5-7-9-11-13-16-20-23/h14,17-18,21-23H,1-13,15-16,19-20H2. The van der Waals surface area contributed by atoms with E-state index >= 15 is 0 Å². The van der Waals surface area contributed by atoms with Crippen LogP contribution >= 0.6 is 0 Å². The van der Waals surface area contributed by atoms with Crippen molar-refractivity contribution in [3.8, 4) is 5.75 Å². The molecule has 0 radical (unpaired) electrons. The number of rotatable bonds is 2. The van der Waals surface area contributed by atoms with Crippen molar-refractivity contribution >= 4 is 5.97 Å². The Morgan fingerprint density at radius 1 is 0.593 bits per heavy atom. The van der Waals surface area contributed by atoms with Crippen molar-refractivity contribution in [3.63, 3.8) is 0 Å². The van der Waals surface area contributed by atoms with E-state index in [-0.39, 0.29) is 11.9 Å². The van der Waals surface area contributed by atoms with Crippen LogP contribution in [0.3, 0.4) is 0 Å². The van der Waals surface area contributed by atoms with Crippen LogP contribution in [0.5, 0.6) is 5.75 Å². The topological polar surface area (TPSA) is 26.3 Å². The first-order chi connectivity index (χ1) is 13.4. The zero-order chi connectivity index (χ0) is 19.0. The highest BCUT2D eigenvalue weighted by Crippen LogP contribution is 2.23. The Hall–Kier alpha value is -1.31. The summed E-state index contributed by atoms with van der Waals surface area (Å²) >= 11 is 0. The summed E-state index contributed by atoms with van der Waals surface area (Å²) in [6.45, 7) is 0. The molecule has 1 aliphatic rings. The van der Waals surface area contributed by atoms with Gasteiger partial charge >= 0.3 is 5.97 Å². The molecule has 27 heavy (non-hydrogen) atoms. The van der Waals surface area contributed by atoms with Crippen molar-refractivity contribution in [2.45, 2.75) is 109 Å². The molecule has 0 atom stereocenters. The van der Waals surface area contributed by atoms with Gasteiger partial charge in [-0.15, -0.1) is 0 Å². The predicted molar refractivity (Wildman–Crippen MR) is 114 cm³/mol. The van der Waals surface area contributed by atoms with Gasteiger partial charge in [0.2, 0.25) is 0 Å². The molecule has 1 aliphatic carbocycles. The third-order valence-corrected chi connectivity index (χ3v) is 5.90. The van der Waals surface area contributed by atoms with Crippen molar-refractivity contribution in [2.24, 2.45) is 5.92 Å². The van der Waals surface area contributed by atoms with Gasteiger partial charge in [-0.3, -0.25) is 4.79 Å². The monoisotopic (exact) mass is 372 g/mol. The zero-order valence-electron chi connectivity index (χ0n) is 17.3. The van der Waals surface area contributed by atoms with Gasteiger partial charge in [0.05, 0.1) is 5.92 Å². The summed E-state index contributed by atoms with van der Waals surface area (Å²) < 4.78 is 5.65. The number of hydrogen-bond donors (Lipinski definition) is 0. The molecular weight excluding hydrogens is 332 g/mol. The van der Waals surface area contributed by atoms with Crippen molar-refractivity contribution in [1.82, 2.24) is 0 Å². The van der Waals surface area contributed by atoms with E-state index in [0.29, 0.717) is 5.75 Å². The molecule has 0 aromatic heterocycles. The smallest absolute Gasteiger partial charge is 0.314 e. The molecule has 0 aliphatic heterocycles. The summed E-state index contributed by atoms with van der Waals surface area (Å²) in [6.07, 6.45) is 22.1. The SMILES string of the molecule is O=C(Oc1ccccc1)C1CCCCCCCCCCCCCCCCC1. The molecule has 1 aromatic rings. The Balaban J connectivity index is 1.78. The van der Waals surface area contributed by atoms with E-state index in [1.165, 1.54) is 83.5 Å². The van der Waals surface area contributed by atoms with Gasteiger partial charge in [0, 0.05) is 0 Å². The number of carbonyl (C=O) groups is 1. The Kier molecular flexibility index (Phi) is 12.0. The predicted octanol–water partition coefficient (Wildman–Crippen LogP) is 7.85. The highest BCUT2D eigenvalue weighted by molar-refractivity contribution is 5.75. The maximum Gasteiger partial charge on any atom is 0.314 e. The average Bonchev–Trinajstić information content (AvgIpc) is 2.68. The maximum atomic E-state index is 12.7. The first-order valence-electron chi connectivity index (χ1n) is 11.6. The van der Waals surface area contributed by atoms with Gasteiger partial charge in [-0.05, 0) is 25.0 Å². The molecule has 1 fully saturated rings. The fraction of sp³-hybridized carbons (Fsp3) is 0.720. The largest absolute Gasteiger partial charge is 0.426 e. The van der Waals surface area contributed by atoms with E-state index in [2.05, 4.69) is 0 Å². The molecule has 152 valence electrons. The lowest BCUT2D eigenvalue weighted by atomic mass is 9.93. The highest BCUT2D eigenvalue weighted by atomic mass is 16.5.